The second-order valence-electron chi connectivity index (χ2n) is 9.94. The molecule has 200 valence electrons. The van der Waals surface area contributed by atoms with Crippen LogP contribution in [0.5, 0.6) is 0 Å². The number of fused-ring (bicyclic) bond motifs is 1. The van der Waals surface area contributed by atoms with Crippen LogP contribution in [0.15, 0.2) is 97.2 Å². The van der Waals surface area contributed by atoms with E-state index in [1.165, 1.54) is 0 Å². The molecule has 6 rings (SSSR count). The summed E-state index contributed by atoms with van der Waals surface area (Å²) in [6, 6.07) is 28.8. The Labute approximate surface area is 232 Å². The van der Waals surface area contributed by atoms with E-state index in [1.54, 1.807) is 0 Å². The lowest BCUT2D eigenvalue weighted by Gasteiger charge is -2.28. The smallest absolute Gasteiger partial charge is 0.255 e. The van der Waals surface area contributed by atoms with E-state index in [0.29, 0.717) is 16.8 Å². The lowest BCUT2D eigenvalue weighted by Crippen LogP contribution is -2.36. The number of H-pyrrole nitrogens is 1. The van der Waals surface area contributed by atoms with Crippen molar-refractivity contribution in [1.29, 1.82) is 0 Å². The number of hydrogen-bond donors (Lipinski definition) is 3. The van der Waals surface area contributed by atoms with Crippen LogP contribution in [-0.2, 0) is 4.74 Å². The Hall–Kier alpha value is -4.88. The second-order valence-corrected chi connectivity index (χ2v) is 9.94. The van der Waals surface area contributed by atoms with E-state index in [9.17, 15) is 9.59 Å². The fourth-order valence-corrected chi connectivity index (χ4v) is 4.99. The van der Waals surface area contributed by atoms with E-state index in [0.717, 1.165) is 65.3 Å². The molecule has 1 aliphatic heterocycles. The van der Waals surface area contributed by atoms with Crippen molar-refractivity contribution in [3.8, 4) is 11.1 Å². The number of aryl methyl sites for hydroxylation is 1. The number of anilines is 3. The fourth-order valence-electron chi connectivity index (χ4n) is 4.99. The first-order valence-electron chi connectivity index (χ1n) is 13.4. The van der Waals surface area contributed by atoms with Gasteiger partial charge in [-0.3, -0.25) is 9.59 Å². The van der Waals surface area contributed by atoms with Gasteiger partial charge in [-0.2, -0.15) is 0 Å². The zero-order chi connectivity index (χ0) is 27.5. The van der Waals surface area contributed by atoms with Crippen molar-refractivity contribution < 1.29 is 14.3 Å². The van der Waals surface area contributed by atoms with Gasteiger partial charge in [0.1, 0.15) is 0 Å². The average Bonchev–Trinajstić information content (AvgIpc) is 3.47. The highest BCUT2D eigenvalue weighted by molar-refractivity contribution is 6.06. The Morgan fingerprint density at radius 3 is 2.08 bits per heavy atom. The number of morpholine rings is 1. The van der Waals surface area contributed by atoms with Gasteiger partial charge in [0, 0.05) is 53.0 Å². The topological polar surface area (TPSA) is 86.5 Å². The highest BCUT2D eigenvalue weighted by Gasteiger charge is 2.14. The highest BCUT2D eigenvalue weighted by Crippen LogP contribution is 2.28. The van der Waals surface area contributed by atoms with Crippen molar-refractivity contribution in [3.63, 3.8) is 0 Å². The Bertz CT molecular complexity index is 1670. The van der Waals surface area contributed by atoms with Crippen LogP contribution in [0.2, 0.25) is 0 Å². The molecular formula is C33H30N4O3. The molecule has 1 saturated heterocycles. The molecule has 7 nitrogen and oxygen atoms in total. The summed E-state index contributed by atoms with van der Waals surface area (Å²) in [6.45, 7) is 5.18. The number of amides is 2. The molecule has 0 radical (unpaired) electrons. The quantitative estimate of drug-likeness (QED) is 0.234. The van der Waals surface area contributed by atoms with Crippen LogP contribution in [0.25, 0.3) is 22.0 Å². The van der Waals surface area contributed by atoms with E-state index < -0.39 is 0 Å². The predicted octanol–water partition coefficient (Wildman–Crippen LogP) is 6.48. The normalized spacial score (nSPS) is 13.3. The number of nitrogens with zero attached hydrogens (tertiary/aromatic N) is 1. The minimum absolute atomic E-state index is 0.159. The molecule has 40 heavy (non-hydrogen) atoms. The summed E-state index contributed by atoms with van der Waals surface area (Å²) in [5, 5.41) is 7.08. The molecule has 1 aliphatic rings. The third kappa shape index (κ3) is 5.46. The van der Waals surface area contributed by atoms with Crippen LogP contribution < -0.4 is 15.5 Å². The van der Waals surface area contributed by atoms with Gasteiger partial charge in [-0.15, -0.1) is 0 Å². The first-order valence-corrected chi connectivity index (χ1v) is 13.4. The number of hydrogen-bond acceptors (Lipinski definition) is 4. The Balaban J connectivity index is 1.13. The number of carbonyl (C=O) groups excluding carboxylic acids is 2. The molecular weight excluding hydrogens is 500 g/mol. The maximum Gasteiger partial charge on any atom is 0.255 e. The van der Waals surface area contributed by atoms with E-state index in [4.69, 9.17) is 4.74 Å². The molecule has 0 saturated carbocycles. The van der Waals surface area contributed by atoms with Crippen molar-refractivity contribution in [2.45, 2.75) is 6.92 Å². The van der Waals surface area contributed by atoms with Crippen LogP contribution in [0.3, 0.4) is 0 Å². The number of aromatic nitrogens is 1. The number of carbonyl (C=O) groups is 2. The number of aromatic amines is 1. The summed E-state index contributed by atoms with van der Waals surface area (Å²) in [5.41, 5.74) is 7.71. The van der Waals surface area contributed by atoms with Gasteiger partial charge in [-0.1, -0.05) is 24.3 Å². The van der Waals surface area contributed by atoms with Crippen LogP contribution in [0, 0.1) is 6.92 Å². The summed E-state index contributed by atoms with van der Waals surface area (Å²) in [7, 11) is 0. The molecule has 0 unspecified atom stereocenters. The van der Waals surface area contributed by atoms with Crippen LogP contribution in [-0.4, -0.2) is 43.1 Å². The van der Waals surface area contributed by atoms with Gasteiger partial charge in [0.15, 0.2) is 0 Å². The Morgan fingerprint density at radius 2 is 1.38 bits per heavy atom. The van der Waals surface area contributed by atoms with Crippen LogP contribution >= 0.6 is 0 Å². The SMILES string of the molecule is Cc1ccc(NC(=O)c2ccc(N3CCOCC3)cc2)cc1-c1ccc(C(=O)Nc2ccc3cc[nH]c3c2)cc1. The van der Waals surface area contributed by atoms with E-state index in [-0.39, 0.29) is 11.8 Å². The summed E-state index contributed by atoms with van der Waals surface area (Å²) in [4.78, 5) is 31.2. The molecule has 4 aromatic carbocycles. The van der Waals surface area contributed by atoms with Gasteiger partial charge >= 0.3 is 0 Å². The zero-order valence-corrected chi connectivity index (χ0v) is 22.2. The monoisotopic (exact) mass is 530 g/mol. The Morgan fingerprint density at radius 1 is 0.750 bits per heavy atom. The minimum atomic E-state index is -0.171. The van der Waals surface area contributed by atoms with E-state index >= 15 is 0 Å². The first-order chi connectivity index (χ1) is 19.5. The average molecular weight is 531 g/mol. The standard InChI is InChI=1S/C33H30N4O3/c1-22-2-10-27(35-33(39)26-8-12-29(13-9-26)37-16-18-40-19-17-37)20-30(22)23-3-5-25(6-4-23)32(38)36-28-11-7-24-14-15-34-31(24)21-28/h2-15,20-21,34H,16-19H2,1H3,(H,35,39)(H,36,38). The van der Waals surface area contributed by atoms with Gasteiger partial charge in [0.2, 0.25) is 0 Å². The van der Waals surface area contributed by atoms with Crippen molar-refractivity contribution >= 4 is 39.8 Å². The van der Waals surface area contributed by atoms with Crippen molar-refractivity contribution in [2.75, 3.05) is 41.8 Å². The molecule has 0 bridgehead atoms. The molecule has 0 aliphatic carbocycles. The second kappa shape index (κ2) is 11.1. The lowest BCUT2D eigenvalue weighted by atomic mass is 9.98. The molecule has 2 amide bonds. The first kappa shape index (κ1) is 25.4. The summed E-state index contributed by atoms with van der Waals surface area (Å²) in [6.07, 6.45) is 1.88. The molecule has 3 N–H and O–H groups in total. The maximum atomic E-state index is 13.0. The van der Waals surface area contributed by atoms with Gasteiger partial charge in [0.05, 0.1) is 13.2 Å². The largest absolute Gasteiger partial charge is 0.378 e. The van der Waals surface area contributed by atoms with E-state index in [2.05, 4.69) is 20.5 Å². The van der Waals surface area contributed by atoms with Crippen molar-refractivity contribution in [1.82, 2.24) is 4.98 Å². The van der Waals surface area contributed by atoms with Crippen molar-refractivity contribution in [3.05, 3.63) is 114 Å². The van der Waals surface area contributed by atoms with Gasteiger partial charge in [-0.25, -0.2) is 0 Å². The summed E-state index contributed by atoms with van der Waals surface area (Å²) >= 11 is 0. The van der Waals surface area contributed by atoms with E-state index in [1.807, 2.05) is 104 Å². The summed E-state index contributed by atoms with van der Waals surface area (Å²) < 4.78 is 5.42. The van der Waals surface area contributed by atoms with Gasteiger partial charge in [0.25, 0.3) is 11.8 Å². The predicted molar refractivity (Wildman–Crippen MR) is 160 cm³/mol. The number of nitrogens with one attached hydrogen (secondary N) is 3. The molecule has 5 aromatic rings. The molecule has 2 heterocycles. The van der Waals surface area contributed by atoms with Gasteiger partial charge < -0.3 is 25.3 Å². The molecule has 0 atom stereocenters. The Kier molecular flexibility index (Phi) is 7.04. The molecule has 1 fully saturated rings. The highest BCUT2D eigenvalue weighted by atomic mass is 16.5. The van der Waals surface area contributed by atoms with Crippen molar-refractivity contribution in [2.24, 2.45) is 0 Å². The molecule has 7 heteroatoms. The number of ether oxygens (including phenoxy) is 1. The number of benzene rings is 4. The third-order valence-electron chi connectivity index (χ3n) is 7.27. The minimum Gasteiger partial charge on any atom is -0.378 e. The van der Waals surface area contributed by atoms with Crippen LogP contribution in [0.4, 0.5) is 17.1 Å². The van der Waals surface area contributed by atoms with Crippen LogP contribution in [0.1, 0.15) is 26.3 Å². The number of rotatable bonds is 6. The maximum absolute atomic E-state index is 13.0. The fraction of sp³-hybridized carbons (Fsp3) is 0.152. The molecule has 1 aromatic heterocycles. The third-order valence-corrected chi connectivity index (χ3v) is 7.27. The molecule has 0 spiro atoms. The van der Waals surface area contributed by atoms with Gasteiger partial charge in [-0.05, 0) is 95.7 Å². The lowest BCUT2D eigenvalue weighted by molar-refractivity contribution is 0.101. The summed E-state index contributed by atoms with van der Waals surface area (Å²) in [5.74, 6) is -0.331. The zero-order valence-electron chi connectivity index (χ0n) is 22.2.